The van der Waals surface area contributed by atoms with E-state index in [1.165, 1.54) is 44.2 Å². The normalized spacial score (nSPS) is 19.0. The van der Waals surface area contributed by atoms with Crippen LogP contribution in [0.1, 0.15) is 65.0 Å². The lowest BCUT2D eigenvalue weighted by Crippen LogP contribution is -2.46. The van der Waals surface area contributed by atoms with Crippen LogP contribution in [0.2, 0.25) is 0 Å². The summed E-state index contributed by atoms with van der Waals surface area (Å²) in [7, 11) is 0. The van der Waals surface area contributed by atoms with Crippen molar-refractivity contribution in [1.82, 2.24) is 10.3 Å². The molecule has 1 N–H and O–H groups in total. The zero-order valence-electron chi connectivity index (χ0n) is 14.1. The number of nitrogens with one attached hydrogen (secondary N) is 1. The van der Waals surface area contributed by atoms with Gasteiger partial charge in [-0.1, -0.05) is 39.7 Å². The van der Waals surface area contributed by atoms with Gasteiger partial charge in [0.25, 0.3) is 0 Å². The van der Waals surface area contributed by atoms with Crippen molar-refractivity contribution in [2.24, 2.45) is 11.3 Å². The van der Waals surface area contributed by atoms with Gasteiger partial charge in [-0.15, -0.1) is 0 Å². The molecule has 1 aromatic rings. The van der Waals surface area contributed by atoms with Gasteiger partial charge in [0, 0.05) is 24.4 Å². The summed E-state index contributed by atoms with van der Waals surface area (Å²) >= 11 is 0. The van der Waals surface area contributed by atoms with Crippen LogP contribution in [0.15, 0.2) is 24.4 Å². The molecule has 1 aliphatic rings. The van der Waals surface area contributed by atoms with Crippen LogP contribution in [0, 0.1) is 11.3 Å². The van der Waals surface area contributed by atoms with Crippen molar-refractivity contribution < 1.29 is 0 Å². The summed E-state index contributed by atoms with van der Waals surface area (Å²) in [5.41, 5.74) is 1.72. The standard InChI is InChI=1S/C19H32N2/c1-4-12-21-18(14-17-9-5-8-13-20-17)19(15-16(2)3)10-6-7-11-19/h5,8-9,13,16,18,21H,4,6-7,10-12,14-15H2,1-3H3. The lowest BCUT2D eigenvalue weighted by atomic mass is 9.71. The molecule has 0 spiro atoms. The molecule has 2 nitrogen and oxygen atoms in total. The largest absolute Gasteiger partial charge is 0.313 e. The maximum absolute atomic E-state index is 4.57. The quantitative estimate of drug-likeness (QED) is 0.756. The van der Waals surface area contributed by atoms with Crippen molar-refractivity contribution in [3.8, 4) is 0 Å². The molecule has 0 radical (unpaired) electrons. The Morgan fingerprint density at radius 2 is 2.00 bits per heavy atom. The molecule has 2 rings (SSSR count). The first-order valence-electron chi connectivity index (χ1n) is 8.79. The highest BCUT2D eigenvalue weighted by Gasteiger charge is 2.41. The van der Waals surface area contributed by atoms with Crippen LogP contribution < -0.4 is 5.32 Å². The Kier molecular flexibility index (Phi) is 6.22. The average molecular weight is 288 g/mol. The minimum atomic E-state index is 0.487. The molecule has 1 aliphatic carbocycles. The Bertz CT molecular complexity index is 393. The van der Waals surface area contributed by atoms with Gasteiger partial charge in [-0.25, -0.2) is 0 Å². The average Bonchev–Trinajstić information content (AvgIpc) is 2.93. The van der Waals surface area contributed by atoms with Crippen molar-refractivity contribution in [2.45, 2.75) is 71.8 Å². The van der Waals surface area contributed by atoms with Crippen molar-refractivity contribution in [3.05, 3.63) is 30.1 Å². The van der Waals surface area contributed by atoms with Crippen LogP contribution in [0.5, 0.6) is 0 Å². The first kappa shape index (κ1) is 16.5. The molecule has 0 aromatic carbocycles. The van der Waals surface area contributed by atoms with E-state index in [0.717, 1.165) is 18.9 Å². The fourth-order valence-electron chi connectivity index (χ4n) is 4.14. The fraction of sp³-hybridized carbons (Fsp3) is 0.737. The van der Waals surface area contributed by atoms with Gasteiger partial charge >= 0.3 is 0 Å². The van der Waals surface area contributed by atoms with Gasteiger partial charge in [-0.2, -0.15) is 0 Å². The minimum Gasteiger partial charge on any atom is -0.313 e. The summed E-state index contributed by atoms with van der Waals surface area (Å²) < 4.78 is 0. The van der Waals surface area contributed by atoms with Crippen molar-refractivity contribution >= 4 is 0 Å². The third kappa shape index (κ3) is 4.54. The first-order valence-corrected chi connectivity index (χ1v) is 8.79. The second-order valence-corrected chi connectivity index (χ2v) is 7.20. The molecule has 1 saturated carbocycles. The van der Waals surface area contributed by atoms with E-state index in [9.17, 15) is 0 Å². The molecule has 0 aliphatic heterocycles. The van der Waals surface area contributed by atoms with E-state index in [1.807, 2.05) is 12.3 Å². The fourth-order valence-corrected chi connectivity index (χ4v) is 4.14. The van der Waals surface area contributed by atoms with Crippen LogP contribution in [-0.4, -0.2) is 17.6 Å². The van der Waals surface area contributed by atoms with Gasteiger partial charge < -0.3 is 5.32 Å². The monoisotopic (exact) mass is 288 g/mol. The first-order chi connectivity index (χ1) is 10.2. The number of pyridine rings is 1. The SMILES string of the molecule is CCCNC(Cc1ccccn1)C1(CC(C)C)CCCC1. The lowest BCUT2D eigenvalue weighted by Gasteiger charge is -2.40. The molecule has 2 heteroatoms. The Morgan fingerprint density at radius 3 is 2.57 bits per heavy atom. The zero-order chi connectivity index (χ0) is 15.1. The van der Waals surface area contributed by atoms with Gasteiger partial charge in [-0.05, 0) is 55.7 Å². The van der Waals surface area contributed by atoms with Gasteiger partial charge in [-0.3, -0.25) is 4.98 Å². The summed E-state index contributed by atoms with van der Waals surface area (Å²) in [6.07, 6.45) is 11.1. The molecule has 1 aromatic heterocycles. The molecule has 1 heterocycles. The Morgan fingerprint density at radius 1 is 1.24 bits per heavy atom. The van der Waals surface area contributed by atoms with E-state index in [2.05, 4.69) is 43.2 Å². The summed E-state index contributed by atoms with van der Waals surface area (Å²) in [5, 5.41) is 3.87. The van der Waals surface area contributed by atoms with E-state index < -0.39 is 0 Å². The second kappa shape index (κ2) is 7.93. The van der Waals surface area contributed by atoms with Gasteiger partial charge in [0.15, 0.2) is 0 Å². The Labute approximate surface area is 130 Å². The van der Waals surface area contributed by atoms with E-state index in [0.29, 0.717) is 11.5 Å². The van der Waals surface area contributed by atoms with Crippen molar-refractivity contribution in [1.29, 1.82) is 0 Å². The second-order valence-electron chi connectivity index (χ2n) is 7.20. The van der Waals surface area contributed by atoms with Gasteiger partial charge in [0.05, 0.1) is 0 Å². The Hall–Kier alpha value is -0.890. The third-order valence-corrected chi connectivity index (χ3v) is 4.93. The van der Waals surface area contributed by atoms with Crippen LogP contribution in [0.3, 0.4) is 0 Å². The molecule has 118 valence electrons. The lowest BCUT2D eigenvalue weighted by molar-refractivity contribution is 0.153. The maximum atomic E-state index is 4.57. The molecular formula is C19H32N2. The molecule has 1 atom stereocenters. The highest BCUT2D eigenvalue weighted by molar-refractivity contribution is 5.08. The summed E-state index contributed by atoms with van der Waals surface area (Å²) in [4.78, 5) is 4.57. The summed E-state index contributed by atoms with van der Waals surface area (Å²) in [5.74, 6) is 0.776. The highest BCUT2D eigenvalue weighted by Crippen LogP contribution is 2.46. The molecule has 1 unspecified atom stereocenters. The van der Waals surface area contributed by atoms with E-state index >= 15 is 0 Å². The third-order valence-electron chi connectivity index (χ3n) is 4.93. The predicted octanol–water partition coefficient (Wildman–Crippen LogP) is 4.60. The van der Waals surface area contributed by atoms with Crippen molar-refractivity contribution in [3.63, 3.8) is 0 Å². The predicted molar refractivity (Wildman–Crippen MR) is 90.4 cm³/mol. The number of nitrogens with zero attached hydrogens (tertiary/aromatic N) is 1. The van der Waals surface area contributed by atoms with E-state index in [1.54, 1.807) is 0 Å². The van der Waals surface area contributed by atoms with Gasteiger partial charge in [0.1, 0.15) is 0 Å². The number of hydrogen-bond donors (Lipinski definition) is 1. The molecule has 21 heavy (non-hydrogen) atoms. The molecule has 0 bridgehead atoms. The molecule has 0 amide bonds. The van der Waals surface area contributed by atoms with Crippen LogP contribution in [0.25, 0.3) is 0 Å². The molecular weight excluding hydrogens is 256 g/mol. The van der Waals surface area contributed by atoms with Crippen LogP contribution in [-0.2, 0) is 6.42 Å². The summed E-state index contributed by atoms with van der Waals surface area (Å²) in [6.45, 7) is 8.13. The number of rotatable bonds is 8. The Balaban J connectivity index is 2.15. The van der Waals surface area contributed by atoms with Crippen LogP contribution >= 0.6 is 0 Å². The number of hydrogen-bond acceptors (Lipinski definition) is 2. The highest BCUT2D eigenvalue weighted by atomic mass is 14.9. The molecule has 1 fully saturated rings. The topological polar surface area (TPSA) is 24.9 Å². The summed E-state index contributed by atoms with van der Waals surface area (Å²) in [6, 6.07) is 6.89. The van der Waals surface area contributed by atoms with Crippen molar-refractivity contribution in [2.75, 3.05) is 6.54 Å². The van der Waals surface area contributed by atoms with E-state index in [-0.39, 0.29) is 0 Å². The maximum Gasteiger partial charge on any atom is 0.0419 e. The smallest absolute Gasteiger partial charge is 0.0419 e. The van der Waals surface area contributed by atoms with Crippen LogP contribution in [0.4, 0.5) is 0 Å². The number of aromatic nitrogens is 1. The van der Waals surface area contributed by atoms with Gasteiger partial charge in [0.2, 0.25) is 0 Å². The minimum absolute atomic E-state index is 0.487. The van der Waals surface area contributed by atoms with E-state index in [4.69, 9.17) is 0 Å². The zero-order valence-corrected chi connectivity index (χ0v) is 14.1. The molecule has 0 saturated heterocycles.